The highest BCUT2D eigenvalue weighted by molar-refractivity contribution is 7.16. The summed E-state index contributed by atoms with van der Waals surface area (Å²) in [5.74, 6) is -0.223. The zero-order valence-corrected chi connectivity index (χ0v) is 15.2. The van der Waals surface area contributed by atoms with Crippen molar-refractivity contribution in [1.82, 2.24) is 4.57 Å². The molecule has 0 saturated carbocycles. The van der Waals surface area contributed by atoms with Crippen molar-refractivity contribution in [3.05, 3.63) is 77.1 Å². The molecule has 0 N–H and O–H groups in total. The molecule has 0 atom stereocenters. The van der Waals surface area contributed by atoms with E-state index in [0.717, 1.165) is 21.0 Å². The summed E-state index contributed by atoms with van der Waals surface area (Å²) in [5, 5.41) is 1.96. The Kier molecular flexibility index (Phi) is 4.65. The molecule has 1 amide bonds. The SMILES string of the molecule is COCCn1c(=NC(=O)c2cccc3ccccc23)sc2ccccc21. The van der Waals surface area contributed by atoms with Gasteiger partial charge in [-0.3, -0.25) is 4.79 Å². The molecule has 0 spiro atoms. The molecule has 0 aliphatic carbocycles. The second kappa shape index (κ2) is 7.23. The molecule has 0 bridgehead atoms. The Morgan fingerprint density at radius 1 is 1.04 bits per heavy atom. The van der Waals surface area contributed by atoms with Gasteiger partial charge in [-0.25, -0.2) is 0 Å². The molecule has 0 unspecified atom stereocenters. The van der Waals surface area contributed by atoms with Crippen LogP contribution in [0.2, 0.25) is 0 Å². The monoisotopic (exact) mass is 362 g/mol. The van der Waals surface area contributed by atoms with Crippen LogP contribution in [0.15, 0.2) is 71.7 Å². The van der Waals surface area contributed by atoms with E-state index in [4.69, 9.17) is 4.74 Å². The van der Waals surface area contributed by atoms with Crippen LogP contribution in [0.25, 0.3) is 21.0 Å². The molecule has 4 aromatic rings. The molecule has 1 aromatic heterocycles. The molecular formula is C21H18N2O2S. The van der Waals surface area contributed by atoms with E-state index >= 15 is 0 Å². The van der Waals surface area contributed by atoms with Crippen molar-refractivity contribution in [3.8, 4) is 0 Å². The number of ether oxygens (including phenoxy) is 1. The zero-order valence-electron chi connectivity index (χ0n) is 14.4. The normalized spacial score (nSPS) is 12.1. The van der Waals surface area contributed by atoms with Gasteiger partial charge in [0.05, 0.1) is 16.8 Å². The fraction of sp³-hybridized carbons (Fsp3) is 0.143. The predicted octanol–water partition coefficient (Wildman–Crippen LogP) is 4.24. The number of hydrogen-bond donors (Lipinski definition) is 0. The van der Waals surface area contributed by atoms with Crippen molar-refractivity contribution in [1.29, 1.82) is 0 Å². The van der Waals surface area contributed by atoms with Crippen LogP contribution in [-0.4, -0.2) is 24.2 Å². The van der Waals surface area contributed by atoms with Gasteiger partial charge in [-0.2, -0.15) is 4.99 Å². The predicted molar refractivity (Wildman–Crippen MR) is 106 cm³/mol. The van der Waals surface area contributed by atoms with E-state index in [2.05, 4.69) is 4.99 Å². The highest BCUT2D eigenvalue weighted by Crippen LogP contribution is 2.20. The summed E-state index contributed by atoms with van der Waals surface area (Å²) >= 11 is 1.52. The lowest BCUT2D eigenvalue weighted by molar-refractivity contribution is 0.0999. The van der Waals surface area contributed by atoms with E-state index in [-0.39, 0.29) is 5.91 Å². The van der Waals surface area contributed by atoms with E-state index in [9.17, 15) is 4.79 Å². The Morgan fingerprint density at radius 2 is 1.81 bits per heavy atom. The first-order valence-corrected chi connectivity index (χ1v) is 9.24. The van der Waals surface area contributed by atoms with Gasteiger partial charge in [-0.05, 0) is 29.0 Å². The van der Waals surface area contributed by atoms with Crippen molar-refractivity contribution in [2.75, 3.05) is 13.7 Å². The minimum atomic E-state index is -0.223. The first-order chi connectivity index (χ1) is 12.8. The first kappa shape index (κ1) is 16.7. The molecule has 4 nitrogen and oxygen atoms in total. The van der Waals surface area contributed by atoms with Crippen molar-refractivity contribution in [2.45, 2.75) is 6.54 Å². The second-order valence-corrected chi connectivity index (χ2v) is 6.95. The Bertz CT molecular complexity index is 1150. The summed E-state index contributed by atoms with van der Waals surface area (Å²) in [5.41, 5.74) is 1.69. The minimum Gasteiger partial charge on any atom is -0.383 e. The summed E-state index contributed by atoms with van der Waals surface area (Å²) in [7, 11) is 1.67. The standard InChI is InChI=1S/C21H18N2O2S/c1-25-14-13-23-18-11-4-5-12-19(18)26-21(23)22-20(24)17-10-6-8-15-7-2-3-9-16(15)17/h2-12H,13-14H2,1H3. The molecule has 0 aliphatic heterocycles. The topological polar surface area (TPSA) is 43.6 Å². The van der Waals surface area contributed by atoms with Crippen LogP contribution in [0, 0.1) is 0 Å². The maximum atomic E-state index is 12.9. The number of hydrogen-bond acceptors (Lipinski definition) is 3. The van der Waals surface area contributed by atoms with Gasteiger partial charge in [0.15, 0.2) is 4.80 Å². The van der Waals surface area contributed by atoms with Crippen molar-refractivity contribution in [2.24, 2.45) is 4.99 Å². The van der Waals surface area contributed by atoms with Gasteiger partial charge in [0.25, 0.3) is 5.91 Å². The Balaban J connectivity index is 1.86. The van der Waals surface area contributed by atoms with Crippen molar-refractivity contribution < 1.29 is 9.53 Å². The van der Waals surface area contributed by atoms with Crippen LogP contribution in [0.4, 0.5) is 0 Å². The van der Waals surface area contributed by atoms with E-state index in [1.165, 1.54) is 11.3 Å². The van der Waals surface area contributed by atoms with Gasteiger partial charge < -0.3 is 9.30 Å². The zero-order chi connectivity index (χ0) is 17.9. The second-order valence-electron chi connectivity index (χ2n) is 5.94. The number of fused-ring (bicyclic) bond motifs is 2. The number of benzene rings is 3. The van der Waals surface area contributed by atoms with E-state index < -0.39 is 0 Å². The number of nitrogens with zero attached hydrogens (tertiary/aromatic N) is 2. The lowest BCUT2D eigenvalue weighted by atomic mass is 10.0. The molecule has 0 fully saturated rings. The Hall–Kier alpha value is -2.76. The van der Waals surface area contributed by atoms with E-state index in [1.807, 2.05) is 71.3 Å². The quantitative estimate of drug-likeness (QED) is 0.545. The van der Waals surface area contributed by atoms with Gasteiger partial charge in [0, 0.05) is 19.2 Å². The summed E-state index contributed by atoms with van der Waals surface area (Å²) < 4.78 is 8.38. The van der Waals surface area contributed by atoms with Crippen LogP contribution in [0.5, 0.6) is 0 Å². The van der Waals surface area contributed by atoms with Gasteiger partial charge in [0.1, 0.15) is 0 Å². The van der Waals surface area contributed by atoms with E-state index in [0.29, 0.717) is 23.5 Å². The molecule has 4 rings (SSSR count). The highest BCUT2D eigenvalue weighted by Gasteiger charge is 2.11. The molecule has 5 heteroatoms. The molecule has 26 heavy (non-hydrogen) atoms. The maximum Gasteiger partial charge on any atom is 0.280 e. The minimum absolute atomic E-state index is 0.223. The average molecular weight is 362 g/mol. The van der Waals surface area contributed by atoms with Crippen LogP contribution in [0.3, 0.4) is 0 Å². The number of amides is 1. The largest absolute Gasteiger partial charge is 0.383 e. The van der Waals surface area contributed by atoms with Crippen molar-refractivity contribution >= 4 is 38.2 Å². The number of thiazole rings is 1. The number of rotatable bonds is 4. The molecule has 0 aliphatic rings. The third-order valence-corrected chi connectivity index (χ3v) is 5.38. The van der Waals surface area contributed by atoms with Gasteiger partial charge >= 0.3 is 0 Å². The smallest absolute Gasteiger partial charge is 0.280 e. The maximum absolute atomic E-state index is 12.9. The molecule has 0 radical (unpaired) electrons. The summed E-state index contributed by atoms with van der Waals surface area (Å²) in [6.07, 6.45) is 0. The number of para-hydroxylation sites is 1. The number of carbonyl (C=O) groups is 1. The third kappa shape index (κ3) is 3.07. The lowest BCUT2D eigenvalue weighted by Gasteiger charge is -2.05. The average Bonchev–Trinajstić information content (AvgIpc) is 3.02. The summed E-state index contributed by atoms with van der Waals surface area (Å²) in [6, 6.07) is 21.7. The molecule has 130 valence electrons. The molecule has 3 aromatic carbocycles. The Labute approximate surface area is 155 Å². The van der Waals surface area contributed by atoms with Gasteiger partial charge in [-0.1, -0.05) is 59.9 Å². The van der Waals surface area contributed by atoms with Crippen molar-refractivity contribution in [3.63, 3.8) is 0 Å². The number of aromatic nitrogens is 1. The number of methoxy groups -OCH3 is 1. The fourth-order valence-corrected chi connectivity index (χ4v) is 4.12. The first-order valence-electron chi connectivity index (χ1n) is 8.42. The number of carbonyl (C=O) groups excluding carboxylic acids is 1. The molecular weight excluding hydrogens is 344 g/mol. The summed E-state index contributed by atoms with van der Waals surface area (Å²) in [6.45, 7) is 1.22. The fourth-order valence-electron chi connectivity index (χ4n) is 3.06. The van der Waals surface area contributed by atoms with Crippen LogP contribution in [-0.2, 0) is 11.3 Å². The molecule has 0 saturated heterocycles. The van der Waals surface area contributed by atoms with Crippen LogP contribution in [0.1, 0.15) is 10.4 Å². The molecule has 1 heterocycles. The summed E-state index contributed by atoms with van der Waals surface area (Å²) in [4.78, 5) is 18.1. The third-order valence-electron chi connectivity index (χ3n) is 4.32. The van der Waals surface area contributed by atoms with Gasteiger partial charge in [0.2, 0.25) is 0 Å². The van der Waals surface area contributed by atoms with Crippen LogP contribution >= 0.6 is 11.3 Å². The highest BCUT2D eigenvalue weighted by atomic mass is 32.1. The van der Waals surface area contributed by atoms with E-state index in [1.54, 1.807) is 7.11 Å². The lowest BCUT2D eigenvalue weighted by Crippen LogP contribution is -2.19. The van der Waals surface area contributed by atoms with Crippen LogP contribution < -0.4 is 4.80 Å². The Morgan fingerprint density at radius 3 is 2.69 bits per heavy atom. The van der Waals surface area contributed by atoms with Gasteiger partial charge in [-0.15, -0.1) is 0 Å².